The van der Waals surface area contributed by atoms with E-state index in [9.17, 15) is 35.7 Å². The van der Waals surface area contributed by atoms with Crippen molar-refractivity contribution in [3.05, 3.63) is 0 Å². The first-order valence-electron chi connectivity index (χ1n) is 8.73. The minimum Gasteiger partial charge on any atom is -0.394 e. The lowest BCUT2D eigenvalue weighted by molar-refractivity contribution is -0.338. The van der Waals surface area contributed by atoms with Crippen molar-refractivity contribution in [3.63, 3.8) is 0 Å². The molecule has 7 N–H and O–H groups in total. The Balaban J connectivity index is 2.02. The molecule has 0 radical (unpaired) electrons. The third-order valence-corrected chi connectivity index (χ3v) is 4.62. The third kappa shape index (κ3) is 4.96. The predicted octanol–water partition coefficient (Wildman–Crippen LogP) is -4.07. The second-order valence-corrected chi connectivity index (χ2v) is 7.29. The molecule has 0 aromatic heterocycles. The van der Waals surface area contributed by atoms with E-state index in [1.54, 1.807) is 0 Å². The SMILES string of the molecule is CC(C)(C#N)OC1OC(COC2OC(CO)C(O)C(O)C2O)C(O)C(O)C1O. The fourth-order valence-corrected chi connectivity index (χ4v) is 2.86. The zero-order chi connectivity index (χ0) is 21.2. The number of hydrogen-bond donors (Lipinski definition) is 7. The van der Waals surface area contributed by atoms with Crippen molar-refractivity contribution in [1.29, 1.82) is 5.26 Å². The zero-order valence-corrected chi connectivity index (χ0v) is 15.4. The fourth-order valence-electron chi connectivity index (χ4n) is 2.86. The lowest BCUT2D eigenvalue weighted by Gasteiger charge is -2.43. The molecule has 2 saturated heterocycles. The van der Waals surface area contributed by atoms with Crippen molar-refractivity contribution >= 4 is 0 Å². The van der Waals surface area contributed by atoms with E-state index >= 15 is 0 Å². The quantitative estimate of drug-likeness (QED) is 0.224. The molecule has 162 valence electrons. The summed E-state index contributed by atoms with van der Waals surface area (Å²) < 4.78 is 21.2. The van der Waals surface area contributed by atoms with Crippen LogP contribution in [0.4, 0.5) is 0 Å². The van der Waals surface area contributed by atoms with Gasteiger partial charge in [-0.2, -0.15) is 5.26 Å². The summed E-state index contributed by atoms with van der Waals surface area (Å²) in [6.07, 6.45) is -15.1. The van der Waals surface area contributed by atoms with E-state index in [-0.39, 0.29) is 0 Å². The normalized spacial score (nSPS) is 44.9. The van der Waals surface area contributed by atoms with Crippen molar-refractivity contribution in [1.82, 2.24) is 0 Å². The largest absolute Gasteiger partial charge is 0.394 e. The molecule has 10 unspecified atom stereocenters. The van der Waals surface area contributed by atoms with E-state index in [2.05, 4.69) is 0 Å². The minimum absolute atomic E-state index is 0.472. The standard InChI is InChI=1S/C16H27NO11/c1-16(2,5-17)28-15-13(24)11(22)9(20)7(27-15)4-25-14-12(23)10(21)8(19)6(3-18)26-14/h6-15,18-24H,3-4H2,1-2H3. The molecule has 0 aliphatic carbocycles. The van der Waals surface area contributed by atoms with Crippen LogP contribution in [-0.2, 0) is 18.9 Å². The van der Waals surface area contributed by atoms with Crippen LogP contribution >= 0.6 is 0 Å². The Bertz CT molecular complexity index is 553. The second kappa shape index (κ2) is 9.24. The molecular weight excluding hydrogens is 382 g/mol. The maximum Gasteiger partial charge on any atom is 0.188 e. The number of aliphatic hydroxyl groups excluding tert-OH is 7. The van der Waals surface area contributed by atoms with Gasteiger partial charge in [0, 0.05) is 0 Å². The molecule has 0 aromatic carbocycles. The van der Waals surface area contributed by atoms with Gasteiger partial charge in [0.25, 0.3) is 0 Å². The van der Waals surface area contributed by atoms with Crippen LogP contribution in [-0.4, -0.2) is 116 Å². The summed E-state index contributed by atoms with van der Waals surface area (Å²) in [5.41, 5.74) is -1.35. The number of aliphatic hydroxyl groups is 7. The van der Waals surface area contributed by atoms with Crippen LogP contribution < -0.4 is 0 Å². The van der Waals surface area contributed by atoms with Gasteiger partial charge >= 0.3 is 0 Å². The summed E-state index contributed by atoms with van der Waals surface area (Å²) in [6, 6.07) is 1.84. The van der Waals surface area contributed by atoms with E-state index in [1.807, 2.05) is 6.07 Å². The molecule has 0 spiro atoms. The van der Waals surface area contributed by atoms with Gasteiger partial charge < -0.3 is 54.7 Å². The Kier molecular flexibility index (Phi) is 7.70. The first kappa shape index (κ1) is 23.3. The fraction of sp³-hybridized carbons (Fsp3) is 0.938. The second-order valence-electron chi connectivity index (χ2n) is 7.29. The molecule has 0 aromatic rings. The van der Waals surface area contributed by atoms with Crippen LogP contribution in [0.5, 0.6) is 0 Å². The van der Waals surface area contributed by atoms with Gasteiger partial charge in [0.1, 0.15) is 48.8 Å². The maximum absolute atomic E-state index is 10.1. The highest BCUT2D eigenvalue weighted by atomic mass is 16.7. The smallest absolute Gasteiger partial charge is 0.188 e. The summed E-state index contributed by atoms with van der Waals surface area (Å²) in [7, 11) is 0. The Hall–Kier alpha value is -0.950. The zero-order valence-electron chi connectivity index (χ0n) is 15.4. The van der Waals surface area contributed by atoms with Crippen molar-refractivity contribution in [3.8, 4) is 6.07 Å². The van der Waals surface area contributed by atoms with Gasteiger partial charge in [-0.1, -0.05) is 0 Å². The lowest BCUT2D eigenvalue weighted by Crippen LogP contribution is -2.62. The van der Waals surface area contributed by atoms with Gasteiger partial charge in [-0.3, -0.25) is 0 Å². The molecule has 10 atom stereocenters. The van der Waals surface area contributed by atoms with Crippen LogP contribution in [0.2, 0.25) is 0 Å². The monoisotopic (exact) mass is 409 g/mol. The van der Waals surface area contributed by atoms with E-state index in [1.165, 1.54) is 13.8 Å². The Labute approximate surface area is 161 Å². The summed E-state index contributed by atoms with van der Waals surface area (Å²) in [5, 5.41) is 77.8. The van der Waals surface area contributed by atoms with Crippen molar-refractivity contribution in [2.45, 2.75) is 80.9 Å². The summed E-state index contributed by atoms with van der Waals surface area (Å²) in [5.74, 6) is 0. The summed E-state index contributed by atoms with van der Waals surface area (Å²) >= 11 is 0. The molecule has 2 fully saturated rings. The molecule has 0 bridgehead atoms. The average molecular weight is 409 g/mol. The van der Waals surface area contributed by atoms with Gasteiger partial charge in [-0.25, -0.2) is 0 Å². The van der Waals surface area contributed by atoms with Crippen molar-refractivity contribution in [2.75, 3.05) is 13.2 Å². The maximum atomic E-state index is 10.1. The molecular formula is C16H27NO11. The molecule has 0 amide bonds. The minimum atomic E-state index is -1.67. The first-order valence-corrected chi connectivity index (χ1v) is 8.73. The highest BCUT2D eigenvalue weighted by Gasteiger charge is 2.48. The van der Waals surface area contributed by atoms with Crippen molar-refractivity contribution < 1.29 is 54.7 Å². The van der Waals surface area contributed by atoms with Gasteiger partial charge in [0.05, 0.1) is 19.3 Å². The van der Waals surface area contributed by atoms with Crippen LogP contribution in [0.1, 0.15) is 13.8 Å². The van der Waals surface area contributed by atoms with Gasteiger partial charge in [0.15, 0.2) is 18.2 Å². The summed E-state index contributed by atoms with van der Waals surface area (Å²) in [4.78, 5) is 0. The first-order chi connectivity index (χ1) is 13.0. The Morgan fingerprint density at radius 1 is 0.821 bits per heavy atom. The van der Waals surface area contributed by atoms with Crippen LogP contribution in [0, 0.1) is 11.3 Å². The van der Waals surface area contributed by atoms with Crippen LogP contribution in [0.15, 0.2) is 0 Å². The number of ether oxygens (including phenoxy) is 4. The Morgan fingerprint density at radius 2 is 1.32 bits per heavy atom. The number of nitrogens with zero attached hydrogens (tertiary/aromatic N) is 1. The van der Waals surface area contributed by atoms with E-state index in [0.29, 0.717) is 0 Å². The molecule has 2 heterocycles. The van der Waals surface area contributed by atoms with E-state index in [4.69, 9.17) is 24.2 Å². The molecule has 28 heavy (non-hydrogen) atoms. The number of rotatable bonds is 6. The molecule has 12 nitrogen and oxygen atoms in total. The number of hydrogen-bond acceptors (Lipinski definition) is 12. The predicted molar refractivity (Wildman–Crippen MR) is 87.2 cm³/mol. The number of nitriles is 1. The van der Waals surface area contributed by atoms with Crippen LogP contribution in [0.3, 0.4) is 0 Å². The molecule has 2 aliphatic rings. The topological polar surface area (TPSA) is 202 Å². The van der Waals surface area contributed by atoms with Crippen LogP contribution in [0.25, 0.3) is 0 Å². The summed E-state index contributed by atoms with van der Waals surface area (Å²) in [6.45, 7) is 1.72. The van der Waals surface area contributed by atoms with Gasteiger partial charge in [-0.15, -0.1) is 0 Å². The average Bonchev–Trinajstić information content (AvgIpc) is 2.66. The highest BCUT2D eigenvalue weighted by molar-refractivity contribution is 4.97. The van der Waals surface area contributed by atoms with E-state index in [0.717, 1.165) is 0 Å². The molecule has 0 saturated carbocycles. The van der Waals surface area contributed by atoms with Gasteiger partial charge in [-0.05, 0) is 13.8 Å². The van der Waals surface area contributed by atoms with Crippen molar-refractivity contribution in [2.24, 2.45) is 0 Å². The molecule has 2 aliphatic heterocycles. The molecule has 12 heteroatoms. The van der Waals surface area contributed by atoms with Gasteiger partial charge in [0.2, 0.25) is 0 Å². The molecule has 2 rings (SSSR count). The highest BCUT2D eigenvalue weighted by Crippen LogP contribution is 2.27. The third-order valence-electron chi connectivity index (χ3n) is 4.62. The Morgan fingerprint density at radius 3 is 1.86 bits per heavy atom. The van der Waals surface area contributed by atoms with E-state index < -0.39 is 80.2 Å². The lowest BCUT2D eigenvalue weighted by atomic mass is 9.98.